The van der Waals surface area contributed by atoms with Gasteiger partial charge < -0.3 is 10.0 Å². The van der Waals surface area contributed by atoms with Crippen molar-refractivity contribution in [2.24, 2.45) is 0 Å². The maximum absolute atomic E-state index is 12.5. The molecule has 1 aromatic heterocycles. The number of benzene rings is 1. The fraction of sp³-hybridized carbons (Fsp3) is 0.333. The number of hydrogen-bond donors (Lipinski definition) is 1. The number of fused-ring (bicyclic) bond motifs is 1. The number of β-amino-alcohol motifs (C(OH)–C–C–N with tert-alkyl or cyclic N) is 1. The van der Waals surface area contributed by atoms with Crippen molar-refractivity contribution in [1.82, 2.24) is 9.88 Å². The highest BCUT2D eigenvalue weighted by Gasteiger charge is 2.24. The number of aromatic nitrogens is 1. The molecule has 2 heterocycles. The van der Waals surface area contributed by atoms with Gasteiger partial charge in [0.25, 0.3) is 5.91 Å². The van der Waals surface area contributed by atoms with Crippen LogP contribution in [0, 0.1) is 0 Å². The van der Waals surface area contributed by atoms with Crippen LogP contribution in [0.4, 0.5) is 0 Å². The second-order valence-corrected chi connectivity index (χ2v) is 4.93. The van der Waals surface area contributed by atoms with E-state index in [4.69, 9.17) is 0 Å². The third kappa shape index (κ3) is 2.31. The molecule has 1 N–H and O–H groups in total. The molecule has 4 nitrogen and oxygen atoms in total. The summed E-state index contributed by atoms with van der Waals surface area (Å²) in [5, 5.41) is 11.6. The van der Waals surface area contributed by atoms with Gasteiger partial charge in [0.05, 0.1) is 6.10 Å². The number of aliphatic hydroxyl groups excluding tert-OH is 1. The second-order valence-electron chi connectivity index (χ2n) is 4.93. The Kier molecular flexibility index (Phi) is 3.17. The topological polar surface area (TPSA) is 53.4 Å². The van der Waals surface area contributed by atoms with Gasteiger partial charge >= 0.3 is 0 Å². The first-order valence-electron chi connectivity index (χ1n) is 6.57. The van der Waals surface area contributed by atoms with Crippen LogP contribution in [-0.4, -0.2) is 40.1 Å². The Labute approximate surface area is 111 Å². The summed E-state index contributed by atoms with van der Waals surface area (Å²) in [5.74, 6) is -0.0875. The zero-order valence-electron chi connectivity index (χ0n) is 10.6. The van der Waals surface area contributed by atoms with Gasteiger partial charge in [-0.2, -0.15) is 0 Å². The van der Waals surface area contributed by atoms with Crippen molar-refractivity contribution in [1.29, 1.82) is 0 Å². The summed E-state index contributed by atoms with van der Waals surface area (Å²) in [6.07, 6.45) is 2.87. The molecule has 3 rings (SSSR count). The number of hydrogen-bond acceptors (Lipinski definition) is 3. The normalized spacial score (nSPS) is 19.6. The van der Waals surface area contributed by atoms with E-state index < -0.39 is 6.10 Å². The zero-order chi connectivity index (χ0) is 13.2. The highest BCUT2D eigenvalue weighted by molar-refractivity contribution is 6.05. The van der Waals surface area contributed by atoms with Gasteiger partial charge in [-0.05, 0) is 24.3 Å². The molecule has 19 heavy (non-hydrogen) atoms. The molecule has 0 aliphatic carbocycles. The van der Waals surface area contributed by atoms with Gasteiger partial charge in [-0.25, -0.2) is 0 Å². The highest BCUT2D eigenvalue weighted by Crippen LogP contribution is 2.19. The molecule has 1 aliphatic rings. The van der Waals surface area contributed by atoms with Crippen LogP contribution in [0.1, 0.15) is 23.3 Å². The molecule has 1 amide bonds. The Bertz CT molecular complexity index is 607. The minimum Gasteiger partial charge on any atom is -0.391 e. The van der Waals surface area contributed by atoms with Crippen molar-refractivity contribution in [2.75, 3.05) is 13.1 Å². The van der Waals surface area contributed by atoms with E-state index in [0.717, 1.165) is 23.6 Å². The van der Waals surface area contributed by atoms with Crippen molar-refractivity contribution in [3.8, 4) is 0 Å². The first kappa shape index (κ1) is 12.1. The molecule has 2 aromatic rings. The number of carbonyl (C=O) groups is 1. The largest absolute Gasteiger partial charge is 0.391 e. The first-order chi connectivity index (χ1) is 9.25. The molecule has 1 aromatic carbocycles. The van der Waals surface area contributed by atoms with E-state index in [2.05, 4.69) is 4.98 Å². The van der Waals surface area contributed by atoms with Gasteiger partial charge in [-0.1, -0.05) is 24.3 Å². The summed E-state index contributed by atoms with van der Waals surface area (Å²) in [4.78, 5) is 18.4. The maximum atomic E-state index is 12.5. The van der Waals surface area contributed by atoms with Gasteiger partial charge in [0, 0.05) is 24.7 Å². The summed E-state index contributed by atoms with van der Waals surface area (Å²) < 4.78 is 0. The maximum Gasteiger partial charge on any atom is 0.273 e. The number of amides is 1. The first-order valence-corrected chi connectivity index (χ1v) is 6.57. The highest BCUT2D eigenvalue weighted by atomic mass is 16.3. The van der Waals surface area contributed by atoms with Crippen molar-refractivity contribution in [3.63, 3.8) is 0 Å². The van der Waals surface area contributed by atoms with Crippen LogP contribution in [0.15, 0.2) is 36.5 Å². The molecule has 1 fully saturated rings. The fourth-order valence-electron chi connectivity index (χ4n) is 2.58. The molecule has 0 saturated carbocycles. The lowest BCUT2D eigenvalue weighted by Crippen LogP contribution is -2.42. The molecule has 1 aliphatic heterocycles. The Morgan fingerprint density at radius 2 is 2.16 bits per heavy atom. The third-order valence-corrected chi connectivity index (χ3v) is 3.56. The van der Waals surface area contributed by atoms with Gasteiger partial charge in [0.2, 0.25) is 0 Å². The molecule has 1 saturated heterocycles. The Morgan fingerprint density at radius 3 is 3.00 bits per heavy atom. The van der Waals surface area contributed by atoms with Crippen molar-refractivity contribution < 1.29 is 9.90 Å². The summed E-state index contributed by atoms with van der Waals surface area (Å²) in [6.45, 7) is 1.10. The SMILES string of the molecule is O=C(c1nccc2ccccc12)N1CCCC(O)C1. The van der Waals surface area contributed by atoms with E-state index in [1.807, 2.05) is 30.3 Å². The molecule has 0 spiro atoms. The molecule has 4 heteroatoms. The Balaban J connectivity index is 1.97. The summed E-state index contributed by atoms with van der Waals surface area (Å²) in [5.41, 5.74) is 0.479. The average Bonchev–Trinajstić information content (AvgIpc) is 2.46. The van der Waals surface area contributed by atoms with Gasteiger partial charge in [-0.3, -0.25) is 9.78 Å². The minimum absolute atomic E-state index is 0.0875. The van der Waals surface area contributed by atoms with E-state index in [0.29, 0.717) is 18.8 Å². The number of rotatable bonds is 1. The van der Waals surface area contributed by atoms with Gasteiger partial charge in [-0.15, -0.1) is 0 Å². The Hall–Kier alpha value is -1.94. The number of nitrogens with zero attached hydrogens (tertiary/aromatic N) is 2. The molecule has 1 unspecified atom stereocenters. The third-order valence-electron chi connectivity index (χ3n) is 3.56. The molecule has 0 bridgehead atoms. The van der Waals surface area contributed by atoms with Gasteiger partial charge in [0.15, 0.2) is 0 Å². The van der Waals surface area contributed by atoms with Crippen LogP contribution in [0.2, 0.25) is 0 Å². The van der Waals surface area contributed by atoms with E-state index in [-0.39, 0.29) is 5.91 Å². The van der Waals surface area contributed by atoms with Crippen LogP contribution in [0.25, 0.3) is 10.8 Å². The molecule has 0 radical (unpaired) electrons. The quantitative estimate of drug-likeness (QED) is 0.847. The standard InChI is InChI=1S/C15H16N2O2/c18-12-5-3-9-17(10-12)15(19)14-13-6-2-1-4-11(13)7-8-16-14/h1-2,4,6-8,12,18H,3,5,9-10H2. The van der Waals surface area contributed by atoms with E-state index in [9.17, 15) is 9.90 Å². The number of piperidine rings is 1. The predicted molar refractivity (Wildman–Crippen MR) is 72.9 cm³/mol. The lowest BCUT2D eigenvalue weighted by atomic mass is 10.1. The zero-order valence-corrected chi connectivity index (χ0v) is 10.6. The van der Waals surface area contributed by atoms with E-state index >= 15 is 0 Å². The number of pyridine rings is 1. The number of aliphatic hydroxyl groups is 1. The smallest absolute Gasteiger partial charge is 0.273 e. The molecule has 98 valence electrons. The monoisotopic (exact) mass is 256 g/mol. The van der Waals surface area contributed by atoms with Gasteiger partial charge in [0.1, 0.15) is 5.69 Å². The Morgan fingerprint density at radius 1 is 1.32 bits per heavy atom. The number of carbonyl (C=O) groups excluding carboxylic acids is 1. The lowest BCUT2D eigenvalue weighted by molar-refractivity contribution is 0.0471. The second kappa shape index (κ2) is 4.97. The average molecular weight is 256 g/mol. The fourth-order valence-corrected chi connectivity index (χ4v) is 2.58. The van der Waals surface area contributed by atoms with Crippen LogP contribution in [0.3, 0.4) is 0 Å². The van der Waals surface area contributed by atoms with Crippen LogP contribution >= 0.6 is 0 Å². The lowest BCUT2D eigenvalue weighted by Gasteiger charge is -2.30. The molecular weight excluding hydrogens is 240 g/mol. The summed E-state index contributed by atoms with van der Waals surface area (Å²) in [6, 6.07) is 9.64. The molecule has 1 atom stereocenters. The van der Waals surface area contributed by atoms with Crippen molar-refractivity contribution in [3.05, 3.63) is 42.2 Å². The van der Waals surface area contributed by atoms with Crippen LogP contribution in [0.5, 0.6) is 0 Å². The van der Waals surface area contributed by atoms with Crippen LogP contribution in [-0.2, 0) is 0 Å². The predicted octanol–water partition coefficient (Wildman–Crippen LogP) is 1.83. The van der Waals surface area contributed by atoms with E-state index in [1.165, 1.54) is 0 Å². The summed E-state index contributed by atoms with van der Waals surface area (Å²) >= 11 is 0. The number of likely N-dealkylation sites (tertiary alicyclic amines) is 1. The van der Waals surface area contributed by atoms with Crippen molar-refractivity contribution in [2.45, 2.75) is 18.9 Å². The van der Waals surface area contributed by atoms with Crippen molar-refractivity contribution >= 4 is 16.7 Å². The van der Waals surface area contributed by atoms with E-state index in [1.54, 1.807) is 11.1 Å². The molecular formula is C15H16N2O2. The minimum atomic E-state index is -0.410. The summed E-state index contributed by atoms with van der Waals surface area (Å²) in [7, 11) is 0. The van der Waals surface area contributed by atoms with Crippen LogP contribution < -0.4 is 0 Å².